The first-order valence-corrected chi connectivity index (χ1v) is 9.55. The van der Waals surface area contributed by atoms with Gasteiger partial charge in [-0.3, -0.25) is 19.2 Å². The van der Waals surface area contributed by atoms with E-state index in [-0.39, 0.29) is 19.0 Å². The first kappa shape index (κ1) is 23.1. The summed E-state index contributed by atoms with van der Waals surface area (Å²) in [7, 11) is 0. The Morgan fingerprint density at radius 1 is 1.21 bits per heavy atom. The average molecular weight is 390 g/mol. The van der Waals surface area contributed by atoms with Crippen LogP contribution in [0.3, 0.4) is 0 Å². The molecule has 0 bridgehead atoms. The maximum Gasteiger partial charge on any atom is 0.247 e. The van der Waals surface area contributed by atoms with Gasteiger partial charge >= 0.3 is 0 Å². The van der Waals surface area contributed by atoms with E-state index in [2.05, 4.69) is 27.8 Å². The molecule has 0 aliphatic heterocycles. The summed E-state index contributed by atoms with van der Waals surface area (Å²) in [6, 6.07) is -1.52. The molecule has 28 heavy (non-hydrogen) atoms. The van der Waals surface area contributed by atoms with Crippen molar-refractivity contribution in [3.05, 3.63) is 36.5 Å². The highest BCUT2D eigenvalue weighted by Crippen LogP contribution is 2.14. The molecule has 2 atom stereocenters. The molecule has 8 heteroatoms. The number of hydrogen-bond acceptors (Lipinski definition) is 4. The van der Waals surface area contributed by atoms with Crippen LogP contribution in [0.2, 0.25) is 0 Å². The van der Waals surface area contributed by atoms with Crippen molar-refractivity contribution in [1.29, 1.82) is 0 Å². The molecule has 1 rings (SSSR count). The summed E-state index contributed by atoms with van der Waals surface area (Å²) in [5.41, 5.74) is 0.705. The van der Waals surface area contributed by atoms with Gasteiger partial charge in [0.05, 0.1) is 6.54 Å². The molecule has 1 aliphatic rings. The fourth-order valence-electron chi connectivity index (χ4n) is 2.71. The fourth-order valence-corrected chi connectivity index (χ4v) is 2.71. The van der Waals surface area contributed by atoms with Crippen molar-refractivity contribution >= 4 is 24.1 Å². The van der Waals surface area contributed by atoms with Gasteiger partial charge in [-0.15, -0.1) is 6.58 Å². The third-order valence-electron chi connectivity index (χ3n) is 4.20. The smallest absolute Gasteiger partial charge is 0.247 e. The SMILES string of the molecule is C=CCNC(=O)C(NC(=O)CNC(=O)[C@H](CCCC)NC=O)C1=CCCC=C1. The summed E-state index contributed by atoms with van der Waals surface area (Å²) in [6.07, 6.45) is 11.5. The molecule has 0 aromatic rings. The Kier molecular flexibility index (Phi) is 11.0. The van der Waals surface area contributed by atoms with Crippen molar-refractivity contribution in [2.45, 2.75) is 51.1 Å². The Morgan fingerprint density at radius 2 is 2.00 bits per heavy atom. The maximum atomic E-state index is 12.4. The lowest BCUT2D eigenvalue weighted by Gasteiger charge is -2.21. The molecule has 0 aromatic heterocycles. The molecule has 4 N–H and O–H groups in total. The summed E-state index contributed by atoms with van der Waals surface area (Å²) >= 11 is 0. The number of carbonyl (C=O) groups excluding carboxylic acids is 4. The standard InChI is InChI=1S/C20H30N4O4/c1-3-5-11-16(23-14-25)19(27)22-13-17(26)24-18(20(28)21-12-4-2)15-9-7-6-8-10-15/h4,7,9-10,14,16,18H,2-3,5-6,8,11-13H2,1H3,(H,21,28)(H,22,27)(H,23,25)(H,24,26)/t16-,18?/m0/s1. The number of unbranched alkanes of at least 4 members (excludes halogenated alkanes) is 1. The predicted molar refractivity (Wildman–Crippen MR) is 107 cm³/mol. The summed E-state index contributed by atoms with van der Waals surface area (Å²) in [5.74, 6) is -1.27. The van der Waals surface area contributed by atoms with Gasteiger partial charge in [-0.1, -0.05) is 44.1 Å². The number of amides is 4. The minimum atomic E-state index is -0.843. The third-order valence-corrected chi connectivity index (χ3v) is 4.20. The lowest BCUT2D eigenvalue weighted by molar-refractivity contribution is -0.130. The lowest BCUT2D eigenvalue weighted by Crippen LogP contribution is -2.52. The van der Waals surface area contributed by atoms with Gasteiger partial charge < -0.3 is 21.3 Å². The first-order valence-electron chi connectivity index (χ1n) is 9.55. The van der Waals surface area contributed by atoms with Gasteiger partial charge in [0.2, 0.25) is 24.1 Å². The second-order valence-electron chi connectivity index (χ2n) is 6.42. The molecule has 1 aliphatic carbocycles. The molecule has 0 aromatic carbocycles. The van der Waals surface area contributed by atoms with Crippen molar-refractivity contribution in [1.82, 2.24) is 21.3 Å². The lowest BCUT2D eigenvalue weighted by atomic mass is 9.99. The van der Waals surface area contributed by atoms with Crippen LogP contribution in [0.1, 0.15) is 39.0 Å². The molecule has 0 spiro atoms. The molecule has 0 heterocycles. The summed E-state index contributed by atoms with van der Waals surface area (Å²) < 4.78 is 0. The van der Waals surface area contributed by atoms with E-state index < -0.39 is 23.9 Å². The summed E-state index contributed by atoms with van der Waals surface area (Å²) in [6.45, 7) is 5.54. The minimum Gasteiger partial charge on any atom is -0.351 e. The van der Waals surface area contributed by atoms with Crippen LogP contribution >= 0.6 is 0 Å². The molecule has 0 saturated carbocycles. The highest BCUT2D eigenvalue weighted by molar-refractivity contribution is 5.93. The quantitative estimate of drug-likeness (QED) is 0.270. The average Bonchev–Trinajstić information content (AvgIpc) is 2.72. The molecule has 0 saturated heterocycles. The van der Waals surface area contributed by atoms with Gasteiger partial charge in [0.15, 0.2) is 0 Å². The monoisotopic (exact) mass is 390 g/mol. The zero-order valence-corrected chi connectivity index (χ0v) is 16.3. The normalized spacial score (nSPS) is 14.8. The van der Waals surface area contributed by atoms with E-state index in [0.29, 0.717) is 18.4 Å². The molecular weight excluding hydrogens is 360 g/mol. The van der Waals surface area contributed by atoms with E-state index in [0.717, 1.165) is 25.7 Å². The topological polar surface area (TPSA) is 116 Å². The van der Waals surface area contributed by atoms with Crippen LogP contribution in [0.4, 0.5) is 0 Å². The van der Waals surface area contributed by atoms with Crippen molar-refractivity contribution < 1.29 is 19.2 Å². The Bertz CT molecular complexity index is 628. The second kappa shape index (κ2) is 13.3. The van der Waals surface area contributed by atoms with Gasteiger partial charge in [-0.25, -0.2) is 0 Å². The van der Waals surface area contributed by atoms with Crippen LogP contribution in [-0.2, 0) is 19.2 Å². The summed E-state index contributed by atoms with van der Waals surface area (Å²) in [5, 5.41) is 10.3. The van der Waals surface area contributed by atoms with E-state index in [1.54, 1.807) is 6.08 Å². The van der Waals surface area contributed by atoms with Crippen LogP contribution < -0.4 is 21.3 Å². The van der Waals surface area contributed by atoms with E-state index in [9.17, 15) is 19.2 Å². The van der Waals surface area contributed by atoms with E-state index >= 15 is 0 Å². The molecule has 154 valence electrons. The second-order valence-corrected chi connectivity index (χ2v) is 6.42. The van der Waals surface area contributed by atoms with Crippen molar-refractivity contribution in [3.63, 3.8) is 0 Å². The van der Waals surface area contributed by atoms with Gasteiger partial charge in [0.25, 0.3) is 0 Å². The van der Waals surface area contributed by atoms with E-state index in [4.69, 9.17) is 0 Å². The zero-order chi connectivity index (χ0) is 20.8. The molecular formula is C20H30N4O4. The van der Waals surface area contributed by atoms with E-state index in [1.165, 1.54) is 0 Å². The van der Waals surface area contributed by atoms with Crippen LogP contribution in [0.25, 0.3) is 0 Å². The maximum absolute atomic E-state index is 12.4. The Balaban J connectivity index is 2.66. The molecule has 0 radical (unpaired) electrons. The summed E-state index contributed by atoms with van der Waals surface area (Å²) in [4.78, 5) is 47.6. The number of carbonyl (C=O) groups is 4. The number of allylic oxidation sites excluding steroid dienone is 2. The number of rotatable bonds is 13. The van der Waals surface area contributed by atoms with E-state index in [1.807, 2.05) is 25.2 Å². The van der Waals surface area contributed by atoms with Crippen LogP contribution in [0.15, 0.2) is 36.5 Å². The Morgan fingerprint density at radius 3 is 2.61 bits per heavy atom. The molecule has 4 amide bonds. The molecule has 1 unspecified atom stereocenters. The van der Waals surface area contributed by atoms with Crippen LogP contribution in [-0.4, -0.2) is 49.3 Å². The van der Waals surface area contributed by atoms with Crippen molar-refractivity contribution in [3.8, 4) is 0 Å². The predicted octanol–water partition coefficient (Wildman–Crippen LogP) is 0.471. The third kappa shape index (κ3) is 8.20. The first-order chi connectivity index (χ1) is 13.5. The fraction of sp³-hybridized carbons (Fsp3) is 0.500. The highest BCUT2D eigenvalue weighted by atomic mass is 16.2. The van der Waals surface area contributed by atoms with Crippen molar-refractivity contribution in [2.24, 2.45) is 0 Å². The van der Waals surface area contributed by atoms with Crippen LogP contribution in [0, 0.1) is 0 Å². The minimum absolute atomic E-state index is 0.287. The van der Waals surface area contributed by atoms with Gasteiger partial charge in [-0.05, 0) is 24.8 Å². The highest BCUT2D eigenvalue weighted by Gasteiger charge is 2.24. The largest absolute Gasteiger partial charge is 0.351 e. The van der Waals surface area contributed by atoms with Crippen LogP contribution in [0.5, 0.6) is 0 Å². The Labute approximate surface area is 165 Å². The van der Waals surface area contributed by atoms with Gasteiger partial charge in [-0.2, -0.15) is 0 Å². The van der Waals surface area contributed by atoms with Gasteiger partial charge in [0, 0.05) is 6.54 Å². The zero-order valence-electron chi connectivity index (χ0n) is 16.3. The van der Waals surface area contributed by atoms with Gasteiger partial charge in [0.1, 0.15) is 12.1 Å². The van der Waals surface area contributed by atoms with Crippen molar-refractivity contribution in [2.75, 3.05) is 13.1 Å². The number of hydrogen-bond donors (Lipinski definition) is 4. The number of nitrogens with one attached hydrogen (secondary N) is 4. The molecule has 0 fully saturated rings. The molecule has 8 nitrogen and oxygen atoms in total. The Hall–Kier alpha value is -2.90.